The van der Waals surface area contributed by atoms with E-state index in [2.05, 4.69) is 34.5 Å². The zero-order chi connectivity index (χ0) is 28.9. The third kappa shape index (κ3) is 5.36. The number of benzene rings is 3. The van der Waals surface area contributed by atoms with Crippen molar-refractivity contribution in [2.75, 3.05) is 26.8 Å². The van der Waals surface area contributed by atoms with Crippen molar-refractivity contribution in [1.82, 2.24) is 19.7 Å². The van der Waals surface area contributed by atoms with Gasteiger partial charge in [0.25, 0.3) is 5.91 Å². The van der Waals surface area contributed by atoms with E-state index in [1.807, 2.05) is 71.3 Å². The number of aromatic nitrogens is 3. The summed E-state index contributed by atoms with van der Waals surface area (Å²) in [7, 11) is 1.62. The first-order valence-corrected chi connectivity index (χ1v) is 14.0. The lowest BCUT2D eigenvalue weighted by Crippen LogP contribution is -2.47. The number of hydrogen-bond donors (Lipinski definition) is 1. The van der Waals surface area contributed by atoms with Crippen LogP contribution in [-0.4, -0.2) is 52.4 Å². The van der Waals surface area contributed by atoms with Gasteiger partial charge in [0.1, 0.15) is 6.61 Å². The third-order valence-corrected chi connectivity index (χ3v) is 7.75. The Morgan fingerprint density at radius 3 is 2.17 bits per heavy atom. The minimum atomic E-state index is -0.352. The molecule has 3 heterocycles. The van der Waals surface area contributed by atoms with Crippen molar-refractivity contribution in [3.63, 3.8) is 0 Å². The van der Waals surface area contributed by atoms with Gasteiger partial charge >= 0.3 is 0 Å². The van der Waals surface area contributed by atoms with Crippen LogP contribution in [0.3, 0.4) is 0 Å². The number of pyridine rings is 1. The molecule has 8 nitrogen and oxygen atoms in total. The van der Waals surface area contributed by atoms with Crippen LogP contribution in [0.2, 0.25) is 0 Å². The largest absolute Gasteiger partial charge is 0.483 e. The molecule has 0 fully saturated rings. The number of hydrogen-bond acceptors (Lipinski definition) is 5. The number of ether oxygens (including phenoxy) is 2. The fourth-order valence-corrected chi connectivity index (χ4v) is 5.71. The first kappa shape index (κ1) is 27.2. The van der Waals surface area contributed by atoms with Gasteiger partial charge in [-0.25, -0.2) is 0 Å². The summed E-state index contributed by atoms with van der Waals surface area (Å²) in [5.41, 5.74) is 4.05. The highest BCUT2D eigenvalue weighted by Gasteiger charge is 2.40. The second-order valence-corrected chi connectivity index (χ2v) is 10.3. The predicted octanol–water partition coefficient (Wildman–Crippen LogP) is 5.29. The number of aromatic amines is 1. The summed E-state index contributed by atoms with van der Waals surface area (Å²) in [6.07, 6.45) is 5.09. The summed E-state index contributed by atoms with van der Waals surface area (Å²) in [5.74, 6) is -0.345. The molecular weight excluding hydrogens is 528 g/mol. The summed E-state index contributed by atoms with van der Waals surface area (Å²) in [6.45, 7) is 1.33. The average molecular weight is 561 g/mol. The van der Waals surface area contributed by atoms with Crippen LogP contribution in [0.15, 0.2) is 114 Å². The molecule has 1 atom stereocenters. The highest BCUT2D eigenvalue weighted by Crippen LogP contribution is 2.41. The van der Waals surface area contributed by atoms with E-state index in [1.165, 1.54) is 0 Å². The first-order chi connectivity index (χ1) is 20.7. The number of nitrogens with one attached hydrogen (secondary N) is 1. The van der Waals surface area contributed by atoms with Gasteiger partial charge in [0.05, 0.1) is 24.4 Å². The minimum absolute atomic E-state index is 0.0366. The van der Waals surface area contributed by atoms with Gasteiger partial charge in [0, 0.05) is 44.1 Å². The SMILES string of the molecule is COCCN1C[C@H](C(c2ccccc2)c2ccccc2)n2cc(-c3cn[nH]c3)c(=O)c(OCc3ccccc3)c2C1=O. The first-order valence-electron chi connectivity index (χ1n) is 14.0. The highest BCUT2D eigenvalue weighted by atomic mass is 16.5. The molecule has 1 amide bonds. The molecule has 2 aromatic heterocycles. The van der Waals surface area contributed by atoms with E-state index in [-0.39, 0.29) is 41.3 Å². The van der Waals surface area contributed by atoms with E-state index in [0.29, 0.717) is 30.8 Å². The number of nitrogens with zero attached hydrogens (tertiary/aromatic N) is 3. The molecule has 0 bridgehead atoms. The highest BCUT2D eigenvalue weighted by molar-refractivity contribution is 5.96. The van der Waals surface area contributed by atoms with Crippen molar-refractivity contribution in [1.29, 1.82) is 0 Å². The Bertz CT molecular complexity index is 1650. The quantitative estimate of drug-likeness (QED) is 0.251. The Kier molecular flexibility index (Phi) is 7.96. The number of methoxy groups -OCH3 is 1. The van der Waals surface area contributed by atoms with Crippen LogP contribution in [0.1, 0.15) is 39.1 Å². The maximum atomic E-state index is 14.2. The zero-order valence-electron chi connectivity index (χ0n) is 23.4. The molecule has 0 unspecified atom stereocenters. The van der Waals surface area contributed by atoms with E-state index < -0.39 is 0 Å². The molecule has 1 aliphatic heterocycles. The number of fused-ring (bicyclic) bond motifs is 1. The third-order valence-electron chi connectivity index (χ3n) is 7.75. The van der Waals surface area contributed by atoms with Gasteiger partial charge < -0.3 is 18.9 Å². The van der Waals surface area contributed by atoms with Crippen molar-refractivity contribution in [2.24, 2.45) is 0 Å². The summed E-state index contributed by atoms with van der Waals surface area (Å²) < 4.78 is 13.6. The second-order valence-electron chi connectivity index (χ2n) is 10.3. The molecule has 0 saturated carbocycles. The lowest BCUT2D eigenvalue weighted by Gasteiger charge is -2.41. The zero-order valence-corrected chi connectivity index (χ0v) is 23.4. The lowest BCUT2D eigenvalue weighted by atomic mass is 9.83. The molecule has 0 spiro atoms. The van der Waals surface area contributed by atoms with E-state index in [4.69, 9.17) is 9.47 Å². The van der Waals surface area contributed by atoms with Gasteiger partial charge in [-0.1, -0.05) is 91.0 Å². The van der Waals surface area contributed by atoms with Crippen molar-refractivity contribution in [3.8, 4) is 16.9 Å². The molecular formula is C34H32N4O4. The molecule has 1 N–H and O–H groups in total. The standard InChI is InChI=1S/C34H32N4O4/c1-41-18-17-37-22-29(30(25-13-7-3-8-14-25)26-15-9-4-10-16-26)38-21-28(27-19-35-36-20-27)32(39)33(31(38)34(37)40)42-23-24-11-5-2-6-12-24/h2-16,19-21,29-30H,17-18,22-23H2,1H3,(H,35,36)/t29-/m1/s1. The van der Waals surface area contributed by atoms with Crippen LogP contribution in [-0.2, 0) is 11.3 Å². The van der Waals surface area contributed by atoms with Gasteiger partial charge in [0.15, 0.2) is 11.4 Å². The number of amides is 1. The smallest absolute Gasteiger partial charge is 0.274 e. The summed E-state index contributed by atoms with van der Waals surface area (Å²) in [6, 6.07) is 29.9. The van der Waals surface area contributed by atoms with E-state index in [1.54, 1.807) is 30.6 Å². The predicted molar refractivity (Wildman–Crippen MR) is 161 cm³/mol. The van der Waals surface area contributed by atoms with Gasteiger partial charge in [-0.3, -0.25) is 14.7 Å². The summed E-state index contributed by atoms with van der Waals surface area (Å²) >= 11 is 0. The number of carbonyl (C=O) groups excluding carboxylic acids is 1. The molecule has 6 rings (SSSR count). The number of H-pyrrole nitrogens is 1. The van der Waals surface area contributed by atoms with Gasteiger partial charge in [-0.15, -0.1) is 0 Å². The van der Waals surface area contributed by atoms with E-state index >= 15 is 0 Å². The molecule has 8 heteroatoms. The molecule has 0 saturated heterocycles. The monoisotopic (exact) mass is 560 g/mol. The Balaban J connectivity index is 1.58. The van der Waals surface area contributed by atoms with Crippen molar-refractivity contribution in [3.05, 3.63) is 142 Å². The van der Waals surface area contributed by atoms with E-state index in [9.17, 15) is 9.59 Å². The Morgan fingerprint density at radius 1 is 0.929 bits per heavy atom. The Labute approximate surface area is 244 Å². The van der Waals surface area contributed by atoms with Crippen molar-refractivity contribution < 1.29 is 14.3 Å². The van der Waals surface area contributed by atoms with Crippen LogP contribution in [0.4, 0.5) is 0 Å². The Morgan fingerprint density at radius 2 is 1.57 bits per heavy atom. The Hall–Kier alpha value is -4.95. The minimum Gasteiger partial charge on any atom is -0.483 e. The van der Waals surface area contributed by atoms with Gasteiger partial charge in [-0.05, 0) is 16.7 Å². The molecule has 42 heavy (non-hydrogen) atoms. The maximum Gasteiger partial charge on any atom is 0.274 e. The van der Waals surface area contributed by atoms with Crippen LogP contribution in [0.25, 0.3) is 11.1 Å². The van der Waals surface area contributed by atoms with Crippen LogP contribution >= 0.6 is 0 Å². The van der Waals surface area contributed by atoms with Crippen molar-refractivity contribution >= 4 is 5.91 Å². The van der Waals surface area contributed by atoms with Crippen LogP contribution in [0.5, 0.6) is 5.75 Å². The maximum absolute atomic E-state index is 14.2. The normalized spacial score (nSPS) is 14.7. The fourth-order valence-electron chi connectivity index (χ4n) is 5.71. The number of carbonyl (C=O) groups is 1. The van der Waals surface area contributed by atoms with Gasteiger partial charge in [-0.2, -0.15) is 5.10 Å². The van der Waals surface area contributed by atoms with Crippen LogP contribution < -0.4 is 10.2 Å². The summed E-state index contributed by atoms with van der Waals surface area (Å²) in [4.78, 5) is 30.0. The van der Waals surface area contributed by atoms with Crippen LogP contribution in [0, 0.1) is 0 Å². The summed E-state index contributed by atoms with van der Waals surface area (Å²) in [5, 5.41) is 6.89. The molecule has 3 aromatic carbocycles. The van der Waals surface area contributed by atoms with Gasteiger partial charge in [0.2, 0.25) is 5.43 Å². The molecule has 0 aliphatic carbocycles. The number of rotatable bonds is 10. The molecule has 212 valence electrons. The average Bonchev–Trinajstić information content (AvgIpc) is 3.57. The van der Waals surface area contributed by atoms with Crippen molar-refractivity contribution in [2.45, 2.75) is 18.6 Å². The van der Waals surface area contributed by atoms with E-state index in [0.717, 1.165) is 16.7 Å². The molecule has 1 aliphatic rings. The fraction of sp³-hybridized carbons (Fsp3) is 0.206. The second kappa shape index (κ2) is 12.3. The topological polar surface area (TPSA) is 89.4 Å². The molecule has 0 radical (unpaired) electrons. The molecule has 5 aromatic rings. The lowest BCUT2D eigenvalue weighted by molar-refractivity contribution is 0.0579.